The van der Waals surface area contributed by atoms with Crippen molar-refractivity contribution in [2.75, 3.05) is 6.54 Å². The van der Waals surface area contributed by atoms with E-state index in [1.54, 1.807) is 0 Å². The smallest absolute Gasteiger partial charge is 0.233 e. The third-order valence-corrected chi connectivity index (χ3v) is 4.56. The highest BCUT2D eigenvalue weighted by molar-refractivity contribution is 5.36. The second kappa shape index (κ2) is 5.51. The lowest BCUT2D eigenvalue weighted by molar-refractivity contribution is 0.165. The molecule has 0 radical (unpaired) electrons. The van der Waals surface area contributed by atoms with E-state index in [9.17, 15) is 0 Å². The van der Waals surface area contributed by atoms with Crippen molar-refractivity contribution < 1.29 is 4.42 Å². The molecule has 0 saturated carbocycles. The molecule has 2 aromatic rings. The van der Waals surface area contributed by atoms with Crippen LogP contribution in [0.15, 0.2) is 22.6 Å². The molecule has 1 aliphatic heterocycles. The molecule has 1 atom stereocenters. The fourth-order valence-corrected chi connectivity index (χ4v) is 3.01. The van der Waals surface area contributed by atoms with E-state index in [0.717, 1.165) is 19.5 Å². The topological polar surface area (TPSA) is 42.2 Å². The number of rotatable bonds is 2. The normalized spacial score (nSPS) is 17.3. The highest BCUT2D eigenvalue weighted by Crippen LogP contribution is 2.30. The summed E-state index contributed by atoms with van der Waals surface area (Å²) in [5.74, 6) is 1.35. The Labute approximate surface area is 132 Å². The van der Waals surface area contributed by atoms with Crippen molar-refractivity contribution in [2.45, 2.75) is 59.0 Å². The van der Waals surface area contributed by atoms with Crippen LogP contribution < -0.4 is 0 Å². The van der Waals surface area contributed by atoms with Gasteiger partial charge in [-0.2, -0.15) is 0 Å². The van der Waals surface area contributed by atoms with E-state index in [-0.39, 0.29) is 11.5 Å². The summed E-state index contributed by atoms with van der Waals surface area (Å²) in [4.78, 5) is 2.42. The van der Waals surface area contributed by atoms with Gasteiger partial charge in [0.05, 0.1) is 6.04 Å². The number of hydrogen-bond acceptors (Lipinski definition) is 4. The van der Waals surface area contributed by atoms with Crippen molar-refractivity contribution in [1.29, 1.82) is 0 Å². The molecule has 1 aliphatic rings. The molecule has 0 bridgehead atoms. The van der Waals surface area contributed by atoms with Gasteiger partial charge in [-0.3, -0.25) is 4.90 Å². The first kappa shape index (κ1) is 15.2. The van der Waals surface area contributed by atoms with Crippen LogP contribution in [-0.2, 0) is 18.4 Å². The minimum atomic E-state index is 0.160. The van der Waals surface area contributed by atoms with Gasteiger partial charge in [-0.15, -0.1) is 10.2 Å². The van der Waals surface area contributed by atoms with Crippen LogP contribution in [0.1, 0.15) is 62.2 Å². The summed E-state index contributed by atoms with van der Waals surface area (Å²) in [6.45, 7) is 12.7. The van der Waals surface area contributed by atoms with Crippen LogP contribution in [0, 0.1) is 6.92 Å². The zero-order chi connectivity index (χ0) is 15.9. The average Bonchev–Trinajstić information content (AvgIpc) is 2.91. The summed E-state index contributed by atoms with van der Waals surface area (Å²) in [6, 6.07) is 7.11. The first-order valence-corrected chi connectivity index (χ1v) is 8.01. The maximum Gasteiger partial charge on any atom is 0.233 e. The Kier molecular flexibility index (Phi) is 3.81. The maximum atomic E-state index is 5.60. The number of benzene rings is 1. The van der Waals surface area contributed by atoms with E-state index in [4.69, 9.17) is 4.42 Å². The lowest BCUT2D eigenvalue weighted by Gasteiger charge is -2.33. The maximum absolute atomic E-state index is 5.60. The van der Waals surface area contributed by atoms with E-state index in [0.29, 0.717) is 11.8 Å². The first-order valence-electron chi connectivity index (χ1n) is 8.01. The SMILES string of the molecule is Cc1nnc([C@H](C)N2CCc3ccc(C(C)(C)C)cc3C2)o1. The van der Waals surface area contributed by atoms with Gasteiger partial charge < -0.3 is 4.42 Å². The predicted octanol–water partition coefficient (Wildman–Crippen LogP) is 3.79. The number of nitrogens with zero attached hydrogens (tertiary/aromatic N) is 3. The quantitative estimate of drug-likeness (QED) is 0.846. The lowest BCUT2D eigenvalue weighted by Crippen LogP contribution is -2.33. The van der Waals surface area contributed by atoms with Gasteiger partial charge in [0.15, 0.2) is 0 Å². The third-order valence-electron chi connectivity index (χ3n) is 4.56. The van der Waals surface area contributed by atoms with Crippen LogP contribution in [0.3, 0.4) is 0 Å². The summed E-state index contributed by atoms with van der Waals surface area (Å²) in [5.41, 5.74) is 4.49. The van der Waals surface area contributed by atoms with Crippen LogP contribution in [0.2, 0.25) is 0 Å². The van der Waals surface area contributed by atoms with Crippen LogP contribution in [-0.4, -0.2) is 21.6 Å². The molecule has 0 amide bonds. The molecular formula is C18H25N3O. The Morgan fingerprint density at radius 3 is 2.59 bits per heavy atom. The molecule has 22 heavy (non-hydrogen) atoms. The molecule has 3 rings (SSSR count). The Morgan fingerprint density at radius 2 is 1.95 bits per heavy atom. The van der Waals surface area contributed by atoms with Gasteiger partial charge in [0.1, 0.15) is 0 Å². The molecule has 0 aliphatic carbocycles. The number of aromatic nitrogens is 2. The van der Waals surface area contributed by atoms with Gasteiger partial charge >= 0.3 is 0 Å². The molecule has 118 valence electrons. The molecular weight excluding hydrogens is 274 g/mol. The van der Waals surface area contributed by atoms with Crippen LogP contribution in [0.4, 0.5) is 0 Å². The molecule has 0 fully saturated rings. The van der Waals surface area contributed by atoms with E-state index >= 15 is 0 Å². The van der Waals surface area contributed by atoms with Gasteiger partial charge in [-0.1, -0.05) is 39.0 Å². The van der Waals surface area contributed by atoms with Crippen molar-refractivity contribution >= 4 is 0 Å². The molecule has 2 heterocycles. The number of hydrogen-bond donors (Lipinski definition) is 0. The van der Waals surface area contributed by atoms with Crippen molar-refractivity contribution in [3.05, 3.63) is 46.7 Å². The zero-order valence-corrected chi connectivity index (χ0v) is 14.2. The number of aryl methyl sites for hydroxylation is 1. The Morgan fingerprint density at radius 1 is 1.18 bits per heavy atom. The second-order valence-corrected chi connectivity index (χ2v) is 7.29. The van der Waals surface area contributed by atoms with Crippen LogP contribution in [0.5, 0.6) is 0 Å². The van der Waals surface area contributed by atoms with Crippen molar-refractivity contribution in [2.24, 2.45) is 0 Å². The molecule has 4 heteroatoms. The Bertz CT molecular complexity index is 669. The monoisotopic (exact) mass is 299 g/mol. The second-order valence-electron chi connectivity index (χ2n) is 7.29. The minimum Gasteiger partial charge on any atom is -0.424 e. The highest BCUT2D eigenvalue weighted by atomic mass is 16.4. The Balaban J connectivity index is 1.83. The summed E-state index contributed by atoms with van der Waals surface area (Å²) in [5, 5.41) is 8.13. The summed E-state index contributed by atoms with van der Waals surface area (Å²) in [7, 11) is 0. The van der Waals surface area contributed by atoms with E-state index in [2.05, 4.69) is 61.0 Å². The summed E-state index contributed by atoms with van der Waals surface area (Å²) in [6.07, 6.45) is 1.08. The first-order chi connectivity index (χ1) is 10.3. The average molecular weight is 299 g/mol. The third kappa shape index (κ3) is 2.93. The molecule has 0 unspecified atom stereocenters. The molecule has 1 aromatic carbocycles. The molecule has 4 nitrogen and oxygen atoms in total. The predicted molar refractivity (Wildman–Crippen MR) is 86.7 cm³/mol. The Hall–Kier alpha value is -1.68. The number of fused-ring (bicyclic) bond motifs is 1. The van der Waals surface area contributed by atoms with Crippen LogP contribution in [0.25, 0.3) is 0 Å². The van der Waals surface area contributed by atoms with Crippen molar-refractivity contribution in [3.8, 4) is 0 Å². The minimum absolute atomic E-state index is 0.160. The summed E-state index contributed by atoms with van der Waals surface area (Å²) < 4.78 is 5.60. The molecule has 0 spiro atoms. The lowest BCUT2D eigenvalue weighted by atomic mass is 9.84. The molecule has 1 aromatic heterocycles. The van der Waals surface area contributed by atoms with Crippen molar-refractivity contribution in [3.63, 3.8) is 0 Å². The van der Waals surface area contributed by atoms with Gasteiger partial charge in [0, 0.05) is 20.0 Å². The fraction of sp³-hybridized carbons (Fsp3) is 0.556. The standard InChI is InChI=1S/C18H25N3O/c1-12(17-20-19-13(2)22-17)21-9-8-14-6-7-16(18(3,4)5)10-15(14)11-21/h6-7,10,12H,8-9,11H2,1-5H3/t12-/m0/s1. The van der Waals surface area contributed by atoms with Crippen LogP contribution >= 0.6 is 0 Å². The van der Waals surface area contributed by atoms with Gasteiger partial charge in [0.25, 0.3) is 0 Å². The van der Waals surface area contributed by atoms with Gasteiger partial charge in [0.2, 0.25) is 11.8 Å². The zero-order valence-electron chi connectivity index (χ0n) is 14.2. The fourth-order valence-electron chi connectivity index (χ4n) is 3.01. The van der Waals surface area contributed by atoms with Gasteiger partial charge in [-0.25, -0.2) is 0 Å². The molecule has 0 N–H and O–H groups in total. The van der Waals surface area contributed by atoms with E-state index in [1.807, 2.05) is 6.92 Å². The molecule has 0 saturated heterocycles. The van der Waals surface area contributed by atoms with E-state index < -0.39 is 0 Å². The highest BCUT2D eigenvalue weighted by Gasteiger charge is 2.26. The van der Waals surface area contributed by atoms with E-state index in [1.165, 1.54) is 16.7 Å². The van der Waals surface area contributed by atoms with Gasteiger partial charge in [-0.05, 0) is 35.4 Å². The largest absolute Gasteiger partial charge is 0.424 e. The van der Waals surface area contributed by atoms with Crippen molar-refractivity contribution in [1.82, 2.24) is 15.1 Å². The summed E-state index contributed by atoms with van der Waals surface area (Å²) >= 11 is 0.